The van der Waals surface area contributed by atoms with Crippen molar-refractivity contribution < 1.29 is 0 Å². The Kier molecular flexibility index (Phi) is 4.02. The number of anilines is 1. The third kappa shape index (κ3) is 3.21. The zero-order valence-electron chi connectivity index (χ0n) is 11.5. The largest absolute Gasteiger partial charge is 0.305 e. The van der Waals surface area contributed by atoms with E-state index in [2.05, 4.69) is 59.4 Å². The van der Waals surface area contributed by atoms with Crippen LogP contribution in [-0.4, -0.2) is 0 Å². The van der Waals surface area contributed by atoms with Crippen LogP contribution in [0.1, 0.15) is 30.7 Å². The third-order valence-corrected chi connectivity index (χ3v) is 3.82. The van der Waals surface area contributed by atoms with Gasteiger partial charge in [0.2, 0.25) is 0 Å². The summed E-state index contributed by atoms with van der Waals surface area (Å²) in [6.45, 7) is 0. The first kappa shape index (κ1) is 12.8. The van der Waals surface area contributed by atoms with Crippen molar-refractivity contribution in [1.82, 2.24) is 5.43 Å². The van der Waals surface area contributed by atoms with Gasteiger partial charge in [-0.25, -0.2) is 0 Å². The second-order valence-corrected chi connectivity index (χ2v) is 5.23. The highest BCUT2D eigenvalue weighted by atomic mass is 15.4. The quantitative estimate of drug-likeness (QED) is 0.797. The van der Waals surface area contributed by atoms with Crippen LogP contribution in [0.4, 0.5) is 5.69 Å². The number of benzene rings is 2. The van der Waals surface area contributed by atoms with Crippen molar-refractivity contribution in [2.45, 2.75) is 25.2 Å². The topological polar surface area (TPSA) is 24.1 Å². The van der Waals surface area contributed by atoms with Gasteiger partial charge in [0.05, 0.1) is 5.69 Å². The summed E-state index contributed by atoms with van der Waals surface area (Å²) in [7, 11) is 0. The zero-order valence-corrected chi connectivity index (χ0v) is 11.5. The van der Waals surface area contributed by atoms with Gasteiger partial charge in [0, 0.05) is 5.70 Å². The molecule has 2 N–H and O–H groups in total. The first-order valence-electron chi connectivity index (χ1n) is 7.23. The van der Waals surface area contributed by atoms with Gasteiger partial charge in [0.1, 0.15) is 0 Å². The van der Waals surface area contributed by atoms with E-state index >= 15 is 0 Å². The van der Waals surface area contributed by atoms with E-state index in [1.54, 1.807) is 0 Å². The van der Waals surface area contributed by atoms with E-state index in [9.17, 15) is 0 Å². The molecule has 0 saturated heterocycles. The maximum absolute atomic E-state index is 3.32. The lowest BCUT2D eigenvalue weighted by Gasteiger charge is -2.23. The molecule has 102 valence electrons. The normalized spacial score (nSPS) is 18.2. The van der Waals surface area contributed by atoms with Crippen molar-refractivity contribution in [3.63, 3.8) is 0 Å². The standard InChI is InChI=1S/C18H20N2/c1-3-7-15(8-4-1)16-11-13-18(14-12-16)20-19-17-9-5-2-6-10-17/h1-10,13,16,19-20H,11-12,14H2/t16-/m1/s1. The summed E-state index contributed by atoms with van der Waals surface area (Å²) >= 11 is 0. The lowest BCUT2D eigenvalue weighted by atomic mass is 9.87. The molecular weight excluding hydrogens is 244 g/mol. The van der Waals surface area contributed by atoms with Gasteiger partial charge >= 0.3 is 0 Å². The summed E-state index contributed by atoms with van der Waals surface area (Å²) < 4.78 is 0. The minimum atomic E-state index is 0.665. The Bertz CT molecular complexity index is 560. The molecule has 0 spiro atoms. The van der Waals surface area contributed by atoms with Gasteiger partial charge in [0.25, 0.3) is 0 Å². The van der Waals surface area contributed by atoms with Crippen molar-refractivity contribution in [2.75, 3.05) is 5.43 Å². The second-order valence-electron chi connectivity index (χ2n) is 5.23. The molecular formula is C18H20N2. The van der Waals surface area contributed by atoms with E-state index < -0.39 is 0 Å². The van der Waals surface area contributed by atoms with Crippen LogP contribution in [0.2, 0.25) is 0 Å². The SMILES string of the molecule is C1=C(NNc2ccccc2)CC[C@H](c2ccccc2)C1. The lowest BCUT2D eigenvalue weighted by molar-refractivity contribution is 0.579. The van der Waals surface area contributed by atoms with Crippen LogP contribution in [-0.2, 0) is 0 Å². The first-order valence-corrected chi connectivity index (χ1v) is 7.23. The summed E-state index contributed by atoms with van der Waals surface area (Å²) in [5.41, 5.74) is 10.4. The Labute approximate surface area is 120 Å². The minimum Gasteiger partial charge on any atom is -0.305 e. The molecule has 2 heteroatoms. The zero-order chi connectivity index (χ0) is 13.6. The molecule has 0 fully saturated rings. The van der Waals surface area contributed by atoms with E-state index in [0.717, 1.165) is 18.5 Å². The molecule has 1 atom stereocenters. The van der Waals surface area contributed by atoms with Gasteiger partial charge in [-0.05, 0) is 42.9 Å². The van der Waals surface area contributed by atoms with Gasteiger partial charge in [-0.3, -0.25) is 0 Å². The summed E-state index contributed by atoms with van der Waals surface area (Å²) in [4.78, 5) is 0. The Morgan fingerprint density at radius 2 is 1.50 bits per heavy atom. The molecule has 1 aliphatic carbocycles. The molecule has 2 nitrogen and oxygen atoms in total. The monoisotopic (exact) mass is 264 g/mol. The van der Waals surface area contributed by atoms with Crippen molar-refractivity contribution in [2.24, 2.45) is 0 Å². The summed E-state index contributed by atoms with van der Waals surface area (Å²) in [6, 6.07) is 21.0. The molecule has 0 bridgehead atoms. The predicted octanol–water partition coefficient (Wildman–Crippen LogP) is 4.45. The Balaban J connectivity index is 1.55. The van der Waals surface area contributed by atoms with E-state index in [1.165, 1.54) is 17.7 Å². The fourth-order valence-electron chi connectivity index (χ4n) is 2.65. The maximum atomic E-state index is 3.32. The third-order valence-electron chi connectivity index (χ3n) is 3.82. The first-order chi connectivity index (χ1) is 9.92. The van der Waals surface area contributed by atoms with Crippen LogP contribution in [0.25, 0.3) is 0 Å². The van der Waals surface area contributed by atoms with Crippen molar-refractivity contribution in [3.05, 3.63) is 78.0 Å². The van der Waals surface area contributed by atoms with E-state index in [4.69, 9.17) is 0 Å². The molecule has 0 aliphatic heterocycles. The molecule has 2 aromatic rings. The number of para-hydroxylation sites is 1. The summed E-state index contributed by atoms with van der Waals surface area (Å²) in [5, 5.41) is 0. The summed E-state index contributed by atoms with van der Waals surface area (Å²) in [6.07, 6.45) is 5.73. The van der Waals surface area contributed by atoms with Gasteiger partial charge in [-0.15, -0.1) is 0 Å². The van der Waals surface area contributed by atoms with Gasteiger partial charge in [-0.1, -0.05) is 54.6 Å². The molecule has 0 radical (unpaired) electrons. The fraction of sp³-hybridized carbons (Fsp3) is 0.222. The molecule has 20 heavy (non-hydrogen) atoms. The Morgan fingerprint density at radius 1 is 0.800 bits per heavy atom. The molecule has 0 amide bonds. The minimum absolute atomic E-state index is 0.665. The molecule has 0 aromatic heterocycles. The maximum Gasteiger partial charge on any atom is 0.0539 e. The van der Waals surface area contributed by atoms with Gasteiger partial charge in [0.15, 0.2) is 0 Å². The number of hydrazine groups is 1. The van der Waals surface area contributed by atoms with Crippen LogP contribution in [0, 0.1) is 0 Å². The van der Waals surface area contributed by atoms with E-state index in [0.29, 0.717) is 5.92 Å². The molecule has 0 unspecified atom stereocenters. The Hall–Kier alpha value is -2.22. The number of allylic oxidation sites excluding steroid dienone is 2. The van der Waals surface area contributed by atoms with Crippen molar-refractivity contribution in [3.8, 4) is 0 Å². The van der Waals surface area contributed by atoms with Crippen molar-refractivity contribution in [1.29, 1.82) is 0 Å². The highest BCUT2D eigenvalue weighted by molar-refractivity contribution is 5.42. The van der Waals surface area contributed by atoms with Crippen LogP contribution in [0.5, 0.6) is 0 Å². The average Bonchev–Trinajstić information content (AvgIpc) is 2.55. The van der Waals surface area contributed by atoms with Crippen LogP contribution < -0.4 is 10.9 Å². The van der Waals surface area contributed by atoms with E-state index in [1.807, 2.05) is 18.2 Å². The average molecular weight is 264 g/mol. The molecule has 3 rings (SSSR count). The van der Waals surface area contributed by atoms with Crippen molar-refractivity contribution >= 4 is 5.69 Å². The highest BCUT2D eigenvalue weighted by Crippen LogP contribution is 2.30. The predicted molar refractivity (Wildman–Crippen MR) is 84.3 cm³/mol. The van der Waals surface area contributed by atoms with E-state index in [-0.39, 0.29) is 0 Å². The molecule has 0 saturated carbocycles. The smallest absolute Gasteiger partial charge is 0.0539 e. The second kappa shape index (κ2) is 6.29. The lowest BCUT2D eigenvalue weighted by Crippen LogP contribution is -2.23. The van der Waals surface area contributed by atoms with Gasteiger partial charge in [-0.2, -0.15) is 0 Å². The van der Waals surface area contributed by atoms with Crippen LogP contribution >= 0.6 is 0 Å². The van der Waals surface area contributed by atoms with Crippen LogP contribution in [0.15, 0.2) is 72.4 Å². The fourth-order valence-corrected chi connectivity index (χ4v) is 2.65. The molecule has 2 aromatic carbocycles. The number of hydrogen-bond acceptors (Lipinski definition) is 2. The number of hydrogen-bond donors (Lipinski definition) is 2. The number of rotatable bonds is 4. The molecule has 1 aliphatic rings. The van der Waals surface area contributed by atoms with Crippen LogP contribution in [0.3, 0.4) is 0 Å². The highest BCUT2D eigenvalue weighted by Gasteiger charge is 2.15. The Morgan fingerprint density at radius 3 is 2.15 bits per heavy atom. The summed E-state index contributed by atoms with van der Waals surface area (Å²) in [5.74, 6) is 0.665. The van der Waals surface area contributed by atoms with Gasteiger partial charge < -0.3 is 10.9 Å². The molecule has 0 heterocycles. The number of nitrogens with one attached hydrogen (secondary N) is 2.